The fourth-order valence-electron chi connectivity index (χ4n) is 1.74. The van der Waals surface area contributed by atoms with Gasteiger partial charge < -0.3 is 9.16 Å². The van der Waals surface area contributed by atoms with Gasteiger partial charge >= 0.3 is 0 Å². The fourth-order valence-corrected chi connectivity index (χ4v) is 2.70. The number of benzene rings is 1. The largest absolute Gasteiger partial charge is 0.415 e. The molecular formula is C17H28O2Si. The Morgan fingerprint density at radius 2 is 1.70 bits per heavy atom. The van der Waals surface area contributed by atoms with E-state index in [1.54, 1.807) is 6.08 Å². The smallest absolute Gasteiger partial charge is 0.168 e. The fraction of sp³-hybridized carbons (Fsp3) is 0.529. The third-order valence-corrected chi connectivity index (χ3v) is 4.75. The van der Waals surface area contributed by atoms with Crippen LogP contribution in [-0.4, -0.2) is 16.4 Å². The molecule has 0 atom stereocenters. The van der Waals surface area contributed by atoms with Crippen LogP contribution in [0.1, 0.15) is 45.7 Å². The first-order valence-corrected chi connectivity index (χ1v) is 8.45. The molecule has 0 heterocycles. The number of hydrogen-bond acceptors (Lipinski definition) is 2. The van der Waals surface area contributed by atoms with Crippen LogP contribution in [-0.2, 0) is 21.4 Å². The minimum atomic E-state index is -0.560. The zero-order valence-corrected chi connectivity index (χ0v) is 14.9. The van der Waals surface area contributed by atoms with Crippen molar-refractivity contribution < 1.29 is 9.16 Å². The van der Waals surface area contributed by atoms with Crippen LogP contribution >= 0.6 is 0 Å². The Balaban J connectivity index is 2.63. The van der Waals surface area contributed by atoms with Crippen molar-refractivity contribution in [3.8, 4) is 0 Å². The molecule has 3 heteroatoms. The summed E-state index contributed by atoms with van der Waals surface area (Å²) in [6.45, 7) is 15.9. The Hall–Kier alpha value is -0.903. The average molecular weight is 292 g/mol. The van der Waals surface area contributed by atoms with Crippen LogP contribution < -0.4 is 0 Å². The molecule has 2 nitrogen and oxygen atoms in total. The van der Waals surface area contributed by atoms with Crippen molar-refractivity contribution in [3.63, 3.8) is 0 Å². The third-order valence-electron chi connectivity index (χ3n) is 3.02. The van der Waals surface area contributed by atoms with E-state index >= 15 is 0 Å². The molecule has 0 spiro atoms. The molecule has 0 fully saturated rings. The van der Waals surface area contributed by atoms with Crippen molar-refractivity contribution in [2.45, 2.75) is 51.9 Å². The van der Waals surface area contributed by atoms with Crippen LogP contribution in [0.4, 0.5) is 0 Å². The van der Waals surface area contributed by atoms with E-state index in [9.17, 15) is 0 Å². The zero-order chi connectivity index (χ0) is 15.2. The van der Waals surface area contributed by atoms with E-state index in [1.807, 2.05) is 0 Å². The predicted molar refractivity (Wildman–Crippen MR) is 88.7 cm³/mol. The minimum Gasteiger partial charge on any atom is -0.415 e. The second-order valence-corrected chi connectivity index (χ2v) is 9.56. The highest BCUT2D eigenvalue weighted by atomic mass is 28.2. The maximum atomic E-state index is 6.21. The van der Waals surface area contributed by atoms with E-state index in [4.69, 9.17) is 9.16 Å². The van der Waals surface area contributed by atoms with Gasteiger partial charge in [-0.15, -0.1) is 6.58 Å². The lowest BCUT2D eigenvalue weighted by Gasteiger charge is -2.30. The summed E-state index contributed by atoms with van der Waals surface area (Å²) in [5.74, 6) is 0. The van der Waals surface area contributed by atoms with Gasteiger partial charge in [-0.25, -0.2) is 0 Å². The normalized spacial score (nSPS) is 13.1. The lowest BCUT2D eigenvalue weighted by molar-refractivity contribution is 0.109. The molecule has 0 N–H and O–H groups in total. The van der Waals surface area contributed by atoms with Crippen LogP contribution in [0, 0.1) is 0 Å². The summed E-state index contributed by atoms with van der Waals surface area (Å²) < 4.78 is 11.7. The molecule has 0 aliphatic heterocycles. The van der Waals surface area contributed by atoms with Crippen molar-refractivity contribution in [2.75, 3.05) is 6.61 Å². The van der Waals surface area contributed by atoms with Gasteiger partial charge in [-0.3, -0.25) is 0 Å². The van der Waals surface area contributed by atoms with Gasteiger partial charge in [0.05, 0.1) is 18.8 Å². The number of hydrogen-bond donors (Lipinski definition) is 0. The van der Waals surface area contributed by atoms with Crippen molar-refractivity contribution in [1.29, 1.82) is 0 Å². The molecule has 1 rings (SSSR count). The van der Waals surface area contributed by atoms with Crippen molar-refractivity contribution >= 4 is 9.76 Å². The topological polar surface area (TPSA) is 18.5 Å². The molecule has 0 bridgehead atoms. The quantitative estimate of drug-likeness (QED) is 0.430. The lowest BCUT2D eigenvalue weighted by atomic mass is 9.97. The van der Waals surface area contributed by atoms with E-state index in [-0.39, 0.29) is 5.60 Å². The highest BCUT2D eigenvalue weighted by Gasteiger charge is 2.24. The van der Waals surface area contributed by atoms with Gasteiger partial charge in [0.1, 0.15) is 0 Å². The molecule has 112 valence electrons. The van der Waals surface area contributed by atoms with Crippen LogP contribution in [0.2, 0.25) is 5.04 Å². The summed E-state index contributed by atoms with van der Waals surface area (Å²) in [7, 11) is -0.560. The molecule has 20 heavy (non-hydrogen) atoms. The Labute approximate surface area is 126 Å². The van der Waals surface area contributed by atoms with Crippen LogP contribution in [0.15, 0.2) is 36.9 Å². The first-order valence-electron chi connectivity index (χ1n) is 7.17. The minimum absolute atomic E-state index is 0.208. The van der Waals surface area contributed by atoms with Crippen LogP contribution in [0.5, 0.6) is 0 Å². The van der Waals surface area contributed by atoms with Gasteiger partial charge in [-0.1, -0.05) is 51.1 Å². The van der Waals surface area contributed by atoms with E-state index in [0.717, 1.165) is 0 Å². The Morgan fingerprint density at radius 3 is 2.20 bits per heavy atom. The molecule has 0 aliphatic carbocycles. The first-order chi connectivity index (χ1) is 9.24. The molecule has 0 unspecified atom stereocenters. The van der Waals surface area contributed by atoms with Crippen molar-refractivity contribution in [2.24, 2.45) is 0 Å². The summed E-state index contributed by atoms with van der Waals surface area (Å²) in [5, 5.41) is 0.315. The van der Waals surface area contributed by atoms with E-state index in [1.165, 1.54) is 11.1 Å². The maximum Gasteiger partial charge on any atom is 0.168 e. The highest BCUT2D eigenvalue weighted by Crippen LogP contribution is 2.29. The van der Waals surface area contributed by atoms with Crippen molar-refractivity contribution in [1.82, 2.24) is 0 Å². The van der Waals surface area contributed by atoms with Gasteiger partial charge in [0.15, 0.2) is 9.76 Å². The standard InChI is InChI=1S/C17H28O2Si/c1-7-12-18-13-14-8-10-15(11-9-14)17(5,6)19-20-16(2,3)4/h7-11H,1,12-13,20H2,2-6H3. The second-order valence-electron chi connectivity index (χ2n) is 6.86. The molecule has 0 aromatic heterocycles. The molecule has 1 aromatic rings. The summed E-state index contributed by atoms with van der Waals surface area (Å²) in [6.07, 6.45) is 1.77. The Kier molecular flexibility index (Phi) is 6.18. The van der Waals surface area contributed by atoms with Crippen molar-refractivity contribution in [3.05, 3.63) is 48.0 Å². The molecule has 0 amide bonds. The van der Waals surface area contributed by atoms with E-state index < -0.39 is 9.76 Å². The van der Waals surface area contributed by atoms with Crippen LogP contribution in [0.25, 0.3) is 0 Å². The summed E-state index contributed by atoms with van der Waals surface area (Å²) in [6, 6.07) is 8.51. The highest BCUT2D eigenvalue weighted by molar-refractivity contribution is 6.31. The second kappa shape index (κ2) is 7.20. The average Bonchev–Trinajstić information content (AvgIpc) is 2.37. The Bertz CT molecular complexity index is 416. The predicted octanol–water partition coefficient (Wildman–Crippen LogP) is 3.94. The molecule has 1 aromatic carbocycles. The van der Waals surface area contributed by atoms with Gasteiger partial charge in [-0.2, -0.15) is 0 Å². The van der Waals surface area contributed by atoms with Gasteiger partial charge in [0.2, 0.25) is 0 Å². The SMILES string of the molecule is C=CCOCc1ccc(C(C)(C)O[SiH2]C(C)(C)C)cc1. The van der Waals surface area contributed by atoms with E-state index in [0.29, 0.717) is 18.3 Å². The monoisotopic (exact) mass is 292 g/mol. The Morgan fingerprint density at radius 1 is 1.10 bits per heavy atom. The van der Waals surface area contributed by atoms with Gasteiger partial charge in [0, 0.05) is 0 Å². The van der Waals surface area contributed by atoms with Crippen LogP contribution in [0.3, 0.4) is 0 Å². The summed E-state index contributed by atoms with van der Waals surface area (Å²) in [5.41, 5.74) is 2.20. The molecule has 0 saturated heterocycles. The first kappa shape index (κ1) is 17.1. The molecule has 0 radical (unpaired) electrons. The maximum absolute atomic E-state index is 6.21. The van der Waals surface area contributed by atoms with Gasteiger partial charge in [0.25, 0.3) is 0 Å². The lowest BCUT2D eigenvalue weighted by Crippen LogP contribution is -2.27. The van der Waals surface area contributed by atoms with E-state index in [2.05, 4.69) is 65.5 Å². The molecule has 0 aliphatic rings. The molecular weight excluding hydrogens is 264 g/mol. The number of rotatable bonds is 7. The number of ether oxygens (including phenoxy) is 1. The van der Waals surface area contributed by atoms with Gasteiger partial charge in [-0.05, 0) is 30.0 Å². The zero-order valence-electron chi connectivity index (χ0n) is 13.5. The molecule has 0 saturated carbocycles. The summed E-state index contributed by atoms with van der Waals surface area (Å²) in [4.78, 5) is 0. The summed E-state index contributed by atoms with van der Waals surface area (Å²) >= 11 is 0. The third kappa shape index (κ3) is 6.03.